The molecule has 2 aromatic rings. The second-order valence-corrected chi connectivity index (χ2v) is 7.25. The Morgan fingerprint density at radius 2 is 1.70 bits per heavy atom. The normalized spacial score (nSPS) is 11.0. The maximum Gasteiger partial charge on any atom is 0.412 e. The molecule has 0 aliphatic carbocycles. The van der Waals surface area contributed by atoms with E-state index in [2.05, 4.69) is 15.4 Å². The van der Waals surface area contributed by atoms with Crippen molar-refractivity contribution < 1.29 is 32.6 Å². The van der Waals surface area contributed by atoms with Gasteiger partial charge in [-0.3, -0.25) is 10.1 Å². The molecule has 0 atom stereocenters. The minimum absolute atomic E-state index is 0.0874. The Bertz CT molecular complexity index is 880. The first-order chi connectivity index (χ1) is 14.1. The summed E-state index contributed by atoms with van der Waals surface area (Å²) in [6.45, 7) is 2.47. The SMILES string of the molecule is COc1cc(CNC(=O)c2ccc(NC(=O)OC(C)(C)C)cc2)ccc1OC(F)F. The minimum atomic E-state index is -2.96. The van der Waals surface area contributed by atoms with Gasteiger partial charge in [0.05, 0.1) is 7.11 Å². The van der Waals surface area contributed by atoms with Crippen molar-refractivity contribution in [3.05, 3.63) is 53.6 Å². The third kappa shape index (κ3) is 7.23. The molecule has 0 unspecified atom stereocenters. The molecule has 7 nitrogen and oxygen atoms in total. The van der Waals surface area contributed by atoms with E-state index in [9.17, 15) is 18.4 Å². The van der Waals surface area contributed by atoms with Gasteiger partial charge in [-0.25, -0.2) is 4.79 Å². The number of hydrogen-bond donors (Lipinski definition) is 2. The van der Waals surface area contributed by atoms with E-state index in [4.69, 9.17) is 9.47 Å². The number of rotatable bonds is 7. The summed E-state index contributed by atoms with van der Waals surface area (Å²) in [5.41, 5.74) is 0.899. The summed E-state index contributed by atoms with van der Waals surface area (Å²) in [6, 6.07) is 10.7. The van der Waals surface area contributed by atoms with E-state index in [0.717, 1.165) is 0 Å². The average molecular weight is 422 g/mol. The fourth-order valence-corrected chi connectivity index (χ4v) is 2.43. The molecule has 162 valence electrons. The molecular weight excluding hydrogens is 398 g/mol. The molecular formula is C21H24F2N2O5. The Labute approximate surface area is 173 Å². The molecule has 0 heterocycles. The number of carbonyl (C=O) groups is 2. The first kappa shape index (κ1) is 22.9. The van der Waals surface area contributed by atoms with Crippen LogP contribution in [0.5, 0.6) is 11.5 Å². The number of methoxy groups -OCH3 is 1. The smallest absolute Gasteiger partial charge is 0.412 e. The molecule has 0 bridgehead atoms. The van der Waals surface area contributed by atoms with Crippen LogP contribution in [0, 0.1) is 0 Å². The Morgan fingerprint density at radius 1 is 1.03 bits per heavy atom. The number of alkyl halides is 2. The summed E-state index contributed by atoms with van der Waals surface area (Å²) < 4.78 is 39.3. The first-order valence-corrected chi connectivity index (χ1v) is 9.07. The quantitative estimate of drug-likeness (QED) is 0.683. The molecule has 0 saturated carbocycles. The fourth-order valence-electron chi connectivity index (χ4n) is 2.43. The zero-order valence-corrected chi connectivity index (χ0v) is 17.1. The number of amides is 2. The van der Waals surface area contributed by atoms with Gasteiger partial charge in [0.1, 0.15) is 5.60 Å². The van der Waals surface area contributed by atoms with Crippen molar-refractivity contribution in [1.82, 2.24) is 5.32 Å². The van der Waals surface area contributed by atoms with Crippen molar-refractivity contribution in [2.75, 3.05) is 12.4 Å². The molecule has 0 aromatic heterocycles. The number of ether oxygens (including phenoxy) is 3. The number of carbonyl (C=O) groups excluding carboxylic acids is 2. The van der Waals surface area contributed by atoms with Gasteiger partial charge >= 0.3 is 12.7 Å². The van der Waals surface area contributed by atoms with Gasteiger partial charge in [-0.1, -0.05) is 6.07 Å². The number of anilines is 1. The van der Waals surface area contributed by atoms with Gasteiger partial charge in [-0.2, -0.15) is 8.78 Å². The molecule has 0 fully saturated rings. The summed E-state index contributed by atoms with van der Waals surface area (Å²) in [5, 5.41) is 5.30. The maximum atomic E-state index is 12.4. The highest BCUT2D eigenvalue weighted by molar-refractivity contribution is 5.95. The molecule has 0 radical (unpaired) electrons. The predicted octanol–water partition coefficient (Wildman–Crippen LogP) is 4.57. The number of nitrogens with one attached hydrogen (secondary N) is 2. The van der Waals surface area contributed by atoms with Gasteiger partial charge in [0.2, 0.25) is 0 Å². The van der Waals surface area contributed by atoms with Crippen LogP contribution in [0.25, 0.3) is 0 Å². The van der Waals surface area contributed by atoms with E-state index < -0.39 is 18.3 Å². The Kier molecular flexibility index (Phi) is 7.57. The van der Waals surface area contributed by atoms with E-state index in [1.807, 2.05) is 0 Å². The van der Waals surface area contributed by atoms with E-state index in [-0.39, 0.29) is 24.0 Å². The molecule has 2 aromatic carbocycles. The van der Waals surface area contributed by atoms with Crippen LogP contribution in [0.15, 0.2) is 42.5 Å². The van der Waals surface area contributed by atoms with Crippen molar-refractivity contribution >= 4 is 17.7 Å². The predicted molar refractivity (Wildman–Crippen MR) is 107 cm³/mol. The molecule has 9 heteroatoms. The summed E-state index contributed by atoms with van der Waals surface area (Å²) in [4.78, 5) is 24.1. The van der Waals surface area contributed by atoms with E-state index in [1.54, 1.807) is 51.1 Å². The molecule has 0 aliphatic heterocycles. The molecule has 2 N–H and O–H groups in total. The van der Waals surface area contributed by atoms with E-state index >= 15 is 0 Å². The summed E-state index contributed by atoms with van der Waals surface area (Å²) >= 11 is 0. The lowest BCUT2D eigenvalue weighted by atomic mass is 10.1. The van der Waals surface area contributed by atoms with Crippen molar-refractivity contribution in [2.24, 2.45) is 0 Å². The number of benzene rings is 2. The highest BCUT2D eigenvalue weighted by atomic mass is 19.3. The second kappa shape index (κ2) is 9.91. The third-order valence-corrected chi connectivity index (χ3v) is 3.69. The number of hydrogen-bond acceptors (Lipinski definition) is 5. The second-order valence-electron chi connectivity index (χ2n) is 7.25. The van der Waals surface area contributed by atoms with Crippen LogP contribution < -0.4 is 20.1 Å². The lowest BCUT2D eigenvalue weighted by molar-refractivity contribution is -0.0512. The average Bonchev–Trinajstić information content (AvgIpc) is 2.65. The summed E-state index contributed by atoms with van der Waals surface area (Å²) in [5.74, 6) is -0.291. The Morgan fingerprint density at radius 3 is 2.27 bits per heavy atom. The van der Waals surface area contributed by atoms with Gasteiger partial charge in [0.15, 0.2) is 11.5 Å². The van der Waals surface area contributed by atoms with Crippen LogP contribution in [-0.2, 0) is 11.3 Å². The monoisotopic (exact) mass is 422 g/mol. The number of halogens is 2. The van der Waals surface area contributed by atoms with Gasteiger partial charge in [0.25, 0.3) is 5.91 Å². The zero-order valence-electron chi connectivity index (χ0n) is 17.1. The standard InChI is InChI=1S/C21H24F2N2O5/c1-21(2,3)30-20(27)25-15-8-6-14(7-9-15)18(26)24-12-13-5-10-16(29-19(22)23)17(11-13)28-4/h5-11,19H,12H2,1-4H3,(H,24,26)(H,25,27). The van der Waals surface area contributed by atoms with Crippen molar-refractivity contribution in [2.45, 2.75) is 39.5 Å². The molecule has 2 amide bonds. The van der Waals surface area contributed by atoms with Crippen LogP contribution in [0.3, 0.4) is 0 Å². The molecule has 0 spiro atoms. The zero-order chi connectivity index (χ0) is 22.3. The molecule has 0 aliphatic rings. The van der Waals surface area contributed by atoms with Gasteiger partial charge in [0, 0.05) is 17.8 Å². The molecule has 2 rings (SSSR count). The van der Waals surface area contributed by atoms with Crippen LogP contribution in [-0.4, -0.2) is 31.3 Å². The van der Waals surface area contributed by atoms with Gasteiger partial charge < -0.3 is 19.5 Å². The largest absolute Gasteiger partial charge is 0.493 e. The summed E-state index contributed by atoms with van der Waals surface area (Å²) in [6.07, 6.45) is -0.590. The molecule has 0 saturated heterocycles. The van der Waals surface area contributed by atoms with Crippen LogP contribution in [0.1, 0.15) is 36.7 Å². The van der Waals surface area contributed by atoms with Crippen LogP contribution in [0.4, 0.5) is 19.3 Å². The first-order valence-electron chi connectivity index (χ1n) is 9.07. The fraction of sp³-hybridized carbons (Fsp3) is 0.333. The van der Waals surface area contributed by atoms with Crippen LogP contribution >= 0.6 is 0 Å². The highest BCUT2D eigenvalue weighted by Crippen LogP contribution is 2.29. The minimum Gasteiger partial charge on any atom is -0.493 e. The van der Waals surface area contributed by atoms with E-state index in [1.165, 1.54) is 19.2 Å². The topological polar surface area (TPSA) is 85.9 Å². The van der Waals surface area contributed by atoms with Gasteiger partial charge in [-0.15, -0.1) is 0 Å². The summed E-state index contributed by atoms with van der Waals surface area (Å²) in [7, 11) is 1.34. The highest BCUT2D eigenvalue weighted by Gasteiger charge is 2.16. The third-order valence-electron chi connectivity index (χ3n) is 3.69. The van der Waals surface area contributed by atoms with Crippen molar-refractivity contribution in [3.63, 3.8) is 0 Å². The molecule has 30 heavy (non-hydrogen) atoms. The maximum absolute atomic E-state index is 12.4. The lowest BCUT2D eigenvalue weighted by Gasteiger charge is -2.19. The van der Waals surface area contributed by atoms with Gasteiger partial charge in [-0.05, 0) is 62.7 Å². The van der Waals surface area contributed by atoms with Crippen molar-refractivity contribution in [3.8, 4) is 11.5 Å². The lowest BCUT2D eigenvalue weighted by Crippen LogP contribution is -2.27. The van der Waals surface area contributed by atoms with Crippen LogP contribution in [0.2, 0.25) is 0 Å². The van der Waals surface area contributed by atoms with Crippen molar-refractivity contribution in [1.29, 1.82) is 0 Å². The van der Waals surface area contributed by atoms with E-state index in [0.29, 0.717) is 16.8 Å². The Hall–Kier alpha value is -3.36. The Balaban J connectivity index is 1.94.